The summed E-state index contributed by atoms with van der Waals surface area (Å²) in [6.45, 7) is 4.17. The molecule has 1 heterocycles. The third-order valence-electron chi connectivity index (χ3n) is 12.6. The Labute approximate surface area is 408 Å². The van der Waals surface area contributed by atoms with Gasteiger partial charge in [0.15, 0.2) is 6.29 Å². The first-order valence-corrected chi connectivity index (χ1v) is 27.4. The zero-order valence-electron chi connectivity index (χ0n) is 42.6. The first-order chi connectivity index (χ1) is 32.7. The lowest BCUT2D eigenvalue weighted by molar-refractivity contribution is -0.302. The number of ether oxygens (including phenoxy) is 3. The van der Waals surface area contributed by atoms with E-state index in [0.717, 1.165) is 89.9 Å². The molecule has 0 aromatic heterocycles. The van der Waals surface area contributed by atoms with Crippen molar-refractivity contribution in [3.8, 4) is 0 Å². The number of nitrogens with one attached hydrogen (secondary N) is 1. The summed E-state index contributed by atoms with van der Waals surface area (Å²) >= 11 is 0. The molecule has 0 aromatic rings. The highest BCUT2D eigenvalue weighted by Crippen LogP contribution is 2.23. The number of carbonyl (C=O) groups is 2. The molecule has 1 saturated heterocycles. The van der Waals surface area contributed by atoms with Crippen molar-refractivity contribution in [2.75, 3.05) is 19.8 Å². The van der Waals surface area contributed by atoms with Gasteiger partial charge in [-0.1, -0.05) is 165 Å². The Bertz CT molecular complexity index is 1250. The van der Waals surface area contributed by atoms with Gasteiger partial charge < -0.3 is 45.1 Å². The lowest BCUT2D eigenvalue weighted by Crippen LogP contribution is -2.60. The first-order valence-electron chi connectivity index (χ1n) is 27.4. The molecule has 1 aliphatic rings. The zero-order valence-corrected chi connectivity index (χ0v) is 42.6. The minimum absolute atomic E-state index is 0.0520. The molecule has 1 fully saturated rings. The van der Waals surface area contributed by atoms with E-state index < -0.39 is 49.5 Å². The van der Waals surface area contributed by atoms with Gasteiger partial charge in [-0.2, -0.15) is 0 Å². The summed E-state index contributed by atoms with van der Waals surface area (Å²) in [5.41, 5.74) is 0. The van der Waals surface area contributed by atoms with E-state index in [1.807, 2.05) is 6.08 Å². The first kappa shape index (κ1) is 62.6. The average molecular weight is 948 g/mol. The van der Waals surface area contributed by atoms with Gasteiger partial charge in [-0.25, -0.2) is 0 Å². The van der Waals surface area contributed by atoms with Crippen molar-refractivity contribution in [3.63, 3.8) is 0 Å². The molecule has 0 aromatic carbocycles. The van der Waals surface area contributed by atoms with E-state index in [-0.39, 0.29) is 18.5 Å². The Kier molecular flexibility index (Phi) is 43.0. The molecular formula is C56H101NO10. The van der Waals surface area contributed by atoms with Gasteiger partial charge in [-0.15, -0.1) is 0 Å². The Morgan fingerprint density at radius 2 is 0.970 bits per heavy atom. The third-order valence-corrected chi connectivity index (χ3v) is 12.6. The van der Waals surface area contributed by atoms with Gasteiger partial charge in [-0.3, -0.25) is 9.59 Å². The van der Waals surface area contributed by atoms with Gasteiger partial charge in [0, 0.05) is 12.8 Å². The van der Waals surface area contributed by atoms with Gasteiger partial charge in [0.1, 0.15) is 24.4 Å². The molecule has 0 saturated carbocycles. The molecule has 7 unspecified atom stereocenters. The summed E-state index contributed by atoms with van der Waals surface area (Å²) < 4.78 is 16.6. The monoisotopic (exact) mass is 948 g/mol. The van der Waals surface area contributed by atoms with Crippen LogP contribution >= 0.6 is 0 Å². The van der Waals surface area contributed by atoms with E-state index in [0.29, 0.717) is 25.9 Å². The molecule has 0 bridgehead atoms. The van der Waals surface area contributed by atoms with Gasteiger partial charge >= 0.3 is 5.97 Å². The van der Waals surface area contributed by atoms with Crippen LogP contribution in [0.3, 0.4) is 0 Å². The number of esters is 1. The van der Waals surface area contributed by atoms with Crippen molar-refractivity contribution in [1.29, 1.82) is 0 Å². The number of hydrogen-bond acceptors (Lipinski definition) is 10. The maximum atomic E-state index is 12.9. The zero-order chi connectivity index (χ0) is 48.8. The van der Waals surface area contributed by atoms with Crippen molar-refractivity contribution in [3.05, 3.63) is 48.6 Å². The number of carbonyl (C=O) groups excluding carboxylic acids is 2. The predicted molar refractivity (Wildman–Crippen MR) is 274 cm³/mol. The number of amides is 1. The fraction of sp³-hybridized carbons (Fsp3) is 0.821. The van der Waals surface area contributed by atoms with Crippen molar-refractivity contribution in [2.24, 2.45) is 0 Å². The second kappa shape index (κ2) is 46.0. The van der Waals surface area contributed by atoms with E-state index in [1.165, 1.54) is 109 Å². The van der Waals surface area contributed by atoms with Gasteiger partial charge in [0.25, 0.3) is 0 Å². The van der Waals surface area contributed by atoms with E-state index >= 15 is 0 Å². The van der Waals surface area contributed by atoms with Crippen molar-refractivity contribution >= 4 is 11.9 Å². The van der Waals surface area contributed by atoms with Crippen LogP contribution in [-0.2, 0) is 23.8 Å². The molecule has 0 radical (unpaired) electrons. The van der Waals surface area contributed by atoms with Crippen LogP contribution in [0.2, 0.25) is 0 Å². The topological polar surface area (TPSA) is 175 Å². The molecule has 67 heavy (non-hydrogen) atoms. The predicted octanol–water partition coefficient (Wildman–Crippen LogP) is 11.7. The summed E-state index contributed by atoms with van der Waals surface area (Å²) in [4.78, 5) is 25.1. The molecule has 11 nitrogen and oxygen atoms in total. The highest BCUT2D eigenvalue weighted by Gasteiger charge is 2.44. The fourth-order valence-corrected chi connectivity index (χ4v) is 8.20. The normalized spacial score (nSPS) is 19.9. The Morgan fingerprint density at radius 1 is 0.537 bits per heavy atom. The quantitative estimate of drug-likeness (QED) is 0.0196. The minimum Gasteiger partial charge on any atom is -0.466 e. The Hall–Kier alpha value is -2.38. The van der Waals surface area contributed by atoms with Gasteiger partial charge in [0.05, 0.1) is 32.0 Å². The minimum atomic E-state index is -1.59. The molecule has 1 rings (SSSR count). The van der Waals surface area contributed by atoms with Crippen LogP contribution in [0.1, 0.15) is 232 Å². The lowest BCUT2D eigenvalue weighted by Gasteiger charge is -2.40. The lowest BCUT2D eigenvalue weighted by atomic mass is 9.99. The SMILES string of the molecule is CCCCC/C=C/CC/C=C/C(O)C(COC1OC(CO)C(O)C(O)C1O)NC(=O)CCCCCCC/C=C\CCCCCOC(=O)CCCCCCCCC/C=C\CCCCCCCCC. The molecule has 11 heteroatoms. The molecule has 0 aliphatic carbocycles. The number of hydrogen-bond donors (Lipinski definition) is 6. The van der Waals surface area contributed by atoms with Crippen LogP contribution in [0.25, 0.3) is 0 Å². The Balaban J connectivity index is 2.11. The van der Waals surface area contributed by atoms with Crippen molar-refractivity contribution in [1.82, 2.24) is 5.32 Å². The molecular weight excluding hydrogens is 847 g/mol. The summed E-state index contributed by atoms with van der Waals surface area (Å²) in [7, 11) is 0. The maximum absolute atomic E-state index is 12.9. The Morgan fingerprint density at radius 3 is 1.51 bits per heavy atom. The smallest absolute Gasteiger partial charge is 0.305 e. The van der Waals surface area contributed by atoms with Crippen molar-refractivity contribution < 1.29 is 49.3 Å². The highest BCUT2D eigenvalue weighted by molar-refractivity contribution is 5.76. The van der Waals surface area contributed by atoms with E-state index in [9.17, 15) is 35.1 Å². The van der Waals surface area contributed by atoms with Crippen LogP contribution in [0.15, 0.2) is 48.6 Å². The van der Waals surface area contributed by atoms with Crippen molar-refractivity contribution in [2.45, 2.75) is 275 Å². The van der Waals surface area contributed by atoms with E-state index in [2.05, 4.69) is 55.6 Å². The average Bonchev–Trinajstić information content (AvgIpc) is 3.32. The van der Waals surface area contributed by atoms with Crippen LogP contribution in [-0.4, -0.2) is 100 Å². The third kappa shape index (κ3) is 36.3. The number of aliphatic hydroxyl groups is 5. The highest BCUT2D eigenvalue weighted by atomic mass is 16.7. The van der Waals surface area contributed by atoms with Crippen LogP contribution in [0.5, 0.6) is 0 Å². The van der Waals surface area contributed by atoms with Crippen LogP contribution in [0, 0.1) is 0 Å². The summed E-state index contributed by atoms with van der Waals surface area (Å²) in [6.07, 6.45) is 46.4. The largest absolute Gasteiger partial charge is 0.466 e. The van der Waals surface area contributed by atoms with E-state index in [1.54, 1.807) is 6.08 Å². The number of aliphatic hydroxyl groups excluding tert-OH is 5. The molecule has 1 amide bonds. The fourth-order valence-electron chi connectivity index (χ4n) is 8.20. The maximum Gasteiger partial charge on any atom is 0.305 e. The van der Waals surface area contributed by atoms with Gasteiger partial charge in [0.2, 0.25) is 5.91 Å². The molecule has 7 atom stereocenters. The van der Waals surface area contributed by atoms with Crippen LogP contribution in [0.4, 0.5) is 0 Å². The number of allylic oxidation sites excluding steroid dienone is 7. The summed E-state index contributed by atoms with van der Waals surface area (Å²) in [5.74, 6) is -0.274. The van der Waals surface area contributed by atoms with E-state index in [4.69, 9.17) is 14.2 Å². The summed E-state index contributed by atoms with van der Waals surface area (Å²) in [6, 6.07) is -0.845. The molecule has 0 spiro atoms. The summed E-state index contributed by atoms with van der Waals surface area (Å²) in [5, 5.41) is 54.0. The van der Waals surface area contributed by atoms with Crippen LogP contribution < -0.4 is 5.32 Å². The molecule has 6 N–H and O–H groups in total. The standard InChI is InChI=1S/C56H101NO10/c1-3-5-7-9-11-13-14-15-16-17-18-19-20-24-28-32-36-40-44-52(61)65-45-41-37-33-29-25-22-21-23-27-31-35-39-43-51(60)57-48(49(59)42-38-34-30-26-12-10-8-6-4-2)47-66-56-55(64)54(63)53(62)50(46-58)67-56/h12,16-17,22,25-26,38,42,48-50,53-56,58-59,62-64H,3-11,13-15,18-21,23-24,27-37,39-41,43-47H2,1-2H3,(H,57,60)/b17-16-,25-22-,26-12+,42-38+. The van der Waals surface area contributed by atoms with Gasteiger partial charge in [-0.05, 0) is 103 Å². The molecule has 1 aliphatic heterocycles. The second-order valence-corrected chi connectivity index (χ2v) is 18.9. The number of rotatable bonds is 46. The molecule has 390 valence electrons. The second-order valence-electron chi connectivity index (χ2n) is 18.9. The number of unbranched alkanes of at least 4 members (excludes halogenated alkanes) is 26.